The average molecular weight is 245 g/mol. The van der Waals surface area contributed by atoms with Crippen LogP contribution in [0.1, 0.15) is 25.7 Å². The summed E-state index contributed by atoms with van der Waals surface area (Å²) in [6, 6.07) is 0. The predicted molar refractivity (Wildman–Crippen MR) is 70.1 cm³/mol. The summed E-state index contributed by atoms with van der Waals surface area (Å²) in [5.74, 6) is 0. The fourth-order valence-corrected chi connectivity index (χ4v) is 3.75. The lowest BCUT2D eigenvalue weighted by atomic mass is 10.4. The Balaban J connectivity index is 0.000000168. The van der Waals surface area contributed by atoms with E-state index >= 15 is 0 Å². The second kappa shape index (κ2) is 12.6. The zero-order valence-electron chi connectivity index (χ0n) is 7.61. The van der Waals surface area contributed by atoms with Crippen molar-refractivity contribution >= 4 is 37.0 Å². The van der Waals surface area contributed by atoms with Crippen LogP contribution in [0.2, 0.25) is 0 Å². The van der Waals surface area contributed by atoms with Crippen molar-refractivity contribution in [2.24, 2.45) is 0 Å². The summed E-state index contributed by atoms with van der Waals surface area (Å²) in [5, 5.41) is 0. The maximum Gasteiger partial charge on any atom is -0.0353 e. The standard InChI is InChI=1S/2C4H9P.ClH2P/c2*1-2-4-5-3-1;1-2/h2*5H,1-4H2;2H2. The van der Waals surface area contributed by atoms with Gasteiger partial charge in [-0.05, 0) is 58.9 Å². The summed E-state index contributed by atoms with van der Waals surface area (Å²) in [4.78, 5) is 0. The first-order valence-electron chi connectivity index (χ1n) is 4.63. The minimum atomic E-state index is 1.31. The van der Waals surface area contributed by atoms with E-state index in [0.717, 1.165) is 0 Å². The van der Waals surface area contributed by atoms with Gasteiger partial charge in [-0.1, -0.05) is 0 Å². The Morgan fingerprint density at radius 1 is 0.667 bits per heavy atom. The van der Waals surface area contributed by atoms with Crippen LogP contribution in [0.15, 0.2) is 0 Å². The minimum Gasteiger partial charge on any atom is -0.122 e. The Bertz CT molecular complexity index is 47.5. The highest BCUT2D eigenvalue weighted by Gasteiger charge is 1.95. The second-order valence-corrected chi connectivity index (χ2v) is 5.91. The molecule has 0 saturated carbocycles. The average Bonchev–Trinajstić information content (AvgIpc) is 2.87. The van der Waals surface area contributed by atoms with Crippen LogP contribution in [-0.4, -0.2) is 24.6 Å². The van der Waals surface area contributed by atoms with Crippen molar-refractivity contribution in [1.82, 2.24) is 0 Å². The Kier molecular flexibility index (Phi) is 14.2. The molecule has 2 rings (SSSR count). The highest BCUT2D eigenvalue weighted by atomic mass is 35.7. The molecule has 0 aromatic carbocycles. The summed E-state index contributed by atoms with van der Waals surface area (Å²) >= 11 is 4.56. The SMILES string of the molecule is C1CCPC1.C1CCPC1.PCl. The minimum absolute atomic E-state index is 1.31. The monoisotopic (exact) mass is 244 g/mol. The summed E-state index contributed by atoms with van der Waals surface area (Å²) in [6.07, 6.45) is 12.2. The third-order valence-electron chi connectivity index (χ3n) is 1.91. The van der Waals surface area contributed by atoms with E-state index in [-0.39, 0.29) is 0 Å². The molecule has 1 unspecified atom stereocenters. The Morgan fingerprint density at radius 3 is 1.00 bits per heavy atom. The van der Waals surface area contributed by atoms with E-state index in [2.05, 4.69) is 11.2 Å². The summed E-state index contributed by atoms with van der Waals surface area (Å²) in [7, 11) is 4.51. The molecule has 4 heteroatoms. The highest BCUT2D eigenvalue weighted by Crippen LogP contribution is 2.22. The van der Waals surface area contributed by atoms with E-state index in [9.17, 15) is 0 Å². The van der Waals surface area contributed by atoms with Crippen molar-refractivity contribution in [3.63, 3.8) is 0 Å². The maximum atomic E-state index is 4.56. The van der Waals surface area contributed by atoms with Crippen LogP contribution in [0.3, 0.4) is 0 Å². The zero-order valence-corrected chi connectivity index (χ0v) is 11.5. The number of hydrogen-bond donors (Lipinski definition) is 0. The second-order valence-electron chi connectivity index (χ2n) is 2.91. The first kappa shape index (κ1) is 13.6. The smallest absolute Gasteiger partial charge is 0.0353 e. The molecule has 0 nitrogen and oxygen atoms in total. The molecule has 74 valence electrons. The molecular weight excluding hydrogens is 224 g/mol. The molecule has 2 aliphatic heterocycles. The van der Waals surface area contributed by atoms with Gasteiger partial charge in [-0.15, -0.1) is 28.4 Å². The summed E-state index contributed by atoms with van der Waals surface area (Å²) in [6.45, 7) is 0. The van der Waals surface area contributed by atoms with Gasteiger partial charge in [0.25, 0.3) is 0 Å². The fourth-order valence-electron chi connectivity index (χ4n) is 1.25. The molecule has 0 aromatic heterocycles. The van der Waals surface area contributed by atoms with Crippen LogP contribution in [0, 0.1) is 0 Å². The van der Waals surface area contributed by atoms with Crippen molar-refractivity contribution in [2.75, 3.05) is 24.6 Å². The molecule has 0 aromatic rings. The topological polar surface area (TPSA) is 0 Å². The van der Waals surface area contributed by atoms with Crippen LogP contribution in [0.4, 0.5) is 0 Å². The Labute approximate surface area is 87.5 Å². The van der Waals surface area contributed by atoms with Gasteiger partial charge in [0.1, 0.15) is 0 Å². The molecule has 2 fully saturated rings. The third kappa shape index (κ3) is 9.67. The molecule has 0 radical (unpaired) electrons. The van der Waals surface area contributed by atoms with E-state index in [0.29, 0.717) is 0 Å². The molecule has 0 amide bonds. The number of hydrogen-bond acceptors (Lipinski definition) is 0. The summed E-state index contributed by atoms with van der Waals surface area (Å²) < 4.78 is 0. The highest BCUT2D eigenvalue weighted by molar-refractivity contribution is 7.52. The summed E-state index contributed by atoms with van der Waals surface area (Å²) in [5.41, 5.74) is 0. The Morgan fingerprint density at radius 2 is 0.917 bits per heavy atom. The van der Waals surface area contributed by atoms with Crippen molar-refractivity contribution in [2.45, 2.75) is 25.7 Å². The van der Waals surface area contributed by atoms with Crippen LogP contribution in [0.5, 0.6) is 0 Å². The van der Waals surface area contributed by atoms with Gasteiger partial charge in [0.2, 0.25) is 0 Å². The first-order chi connectivity index (χ1) is 6.00. The van der Waals surface area contributed by atoms with Gasteiger partial charge in [-0.3, -0.25) is 0 Å². The quantitative estimate of drug-likeness (QED) is 0.567. The molecule has 0 bridgehead atoms. The molecule has 2 heterocycles. The molecule has 0 N–H and O–H groups in total. The van der Waals surface area contributed by atoms with Gasteiger partial charge in [0.05, 0.1) is 0 Å². The van der Waals surface area contributed by atoms with Crippen molar-refractivity contribution in [3.05, 3.63) is 0 Å². The van der Waals surface area contributed by atoms with Crippen molar-refractivity contribution in [3.8, 4) is 0 Å². The largest absolute Gasteiger partial charge is 0.122 e. The lowest BCUT2D eigenvalue weighted by Gasteiger charge is -1.69. The predicted octanol–water partition coefficient (Wildman–Crippen LogP) is 3.93. The number of halogens is 1. The van der Waals surface area contributed by atoms with Crippen molar-refractivity contribution in [1.29, 1.82) is 0 Å². The molecule has 2 saturated heterocycles. The van der Waals surface area contributed by atoms with Gasteiger partial charge in [-0.2, -0.15) is 0 Å². The van der Waals surface area contributed by atoms with Gasteiger partial charge in [0.15, 0.2) is 0 Å². The molecule has 1 atom stereocenters. The molecular formula is C8H20ClP3. The van der Waals surface area contributed by atoms with E-state index in [4.69, 9.17) is 0 Å². The van der Waals surface area contributed by atoms with E-state index in [1.165, 1.54) is 67.5 Å². The third-order valence-corrected chi connectivity index (χ3v) is 4.74. The molecule has 0 spiro atoms. The van der Waals surface area contributed by atoms with Crippen molar-refractivity contribution < 1.29 is 0 Å². The molecule has 0 aliphatic carbocycles. The van der Waals surface area contributed by atoms with Crippen LogP contribution in [-0.2, 0) is 0 Å². The van der Waals surface area contributed by atoms with Crippen LogP contribution >= 0.6 is 37.0 Å². The molecule has 12 heavy (non-hydrogen) atoms. The normalized spacial score (nSPS) is 20.5. The maximum absolute atomic E-state index is 4.56. The van der Waals surface area contributed by atoms with Gasteiger partial charge in [0, 0.05) is 0 Å². The lowest BCUT2D eigenvalue weighted by molar-refractivity contribution is 0.949. The fraction of sp³-hybridized carbons (Fsp3) is 1.00. The lowest BCUT2D eigenvalue weighted by Crippen LogP contribution is -1.58. The number of rotatable bonds is 0. The van der Waals surface area contributed by atoms with Crippen LogP contribution in [0.25, 0.3) is 0 Å². The Hall–Kier alpha value is 1.58. The van der Waals surface area contributed by atoms with Gasteiger partial charge >= 0.3 is 0 Å². The molecule has 2 aliphatic rings. The zero-order chi connectivity index (χ0) is 9.07. The first-order valence-corrected chi connectivity index (χ1v) is 9.21. The van der Waals surface area contributed by atoms with E-state index in [1.807, 2.05) is 8.59 Å². The van der Waals surface area contributed by atoms with E-state index < -0.39 is 0 Å². The van der Waals surface area contributed by atoms with Gasteiger partial charge < -0.3 is 0 Å². The van der Waals surface area contributed by atoms with Gasteiger partial charge in [-0.25, -0.2) is 0 Å². The van der Waals surface area contributed by atoms with Crippen LogP contribution < -0.4 is 0 Å². The van der Waals surface area contributed by atoms with E-state index in [1.54, 1.807) is 0 Å².